The summed E-state index contributed by atoms with van der Waals surface area (Å²) < 4.78 is 14.5. The number of benzene rings is 2. The molecule has 2 N–H and O–H groups in total. The number of rotatable bonds is 2. The van der Waals surface area contributed by atoms with Crippen molar-refractivity contribution in [2.24, 2.45) is 0 Å². The minimum absolute atomic E-state index is 0.266. The monoisotopic (exact) mass is 294 g/mol. The summed E-state index contributed by atoms with van der Waals surface area (Å²) >= 11 is 3.34. The van der Waals surface area contributed by atoms with Crippen molar-refractivity contribution < 1.29 is 4.39 Å². The van der Waals surface area contributed by atoms with Gasteiger partial charge in [0.15, 0.2) is 0 Å². The molecule has 88 valence electrons. The number of nitrogen functional groups attached to an aromatic ring is 1. The highest BCUT2D eigenvalue weighted by Gasteiger charge is 2.11. The molecule has 0 bridgehead atoms. The zero-order chi connectivity index (χ0) is 12.4. The normalized spacial score (nSPS) is 10.3. The molecule has 0 aromatic heterocycles. The summed E-state index contributed by atoms with van der Waals surface area (Å²) in [5.74, 6) is -0.266. The average Bonchev–Trinajstić information content (AvgIpc) is 2.29. The van der Waals surface area contributed by atoms with Gasteiger partial charge in [0, 0.05) is 11.5 Å². The summed E-state index contributed by atoms with van der Waals surface area (Å²) in [4.78, 5) is 1.73. The van der Waals surface area contributed by atoms with Crippen LogP contribution in [0.15, 0.2) is 46.9 Å². The second-order valence-corrected chi connectivity index (χ2v) is 4.63. The van der Waals surface area contributed by atoms with Gasteiger partial charge in [-0.3, -0.25) is 0 Å². The van der Waals surface area contributed by atoms with Gasteiger partial charge in [0.05, 0.1) is 17.1 Å². The minimum Gasteiger partial charge on any atom is -0.397 e. The Morgan fingerprint density at radius 3 is 2.47 bits per heavy atom. The Morgan fingerprint density at radius 1 is 1.12 bits per heavy atom. The van der Waals surface area contributed by atoms with Crippen molar-refractivity contribution in [1.82, 2.24) is 0 Å². The zero-order valence-electron chi connectivity index (χ0n) is 9.32. The van der Waals surface area contributed by atoms with E-state index < -0.39 is 0 Å². The lowest BCUT2D eigenvalue weighted by Crippen LogP contribution is -2.12. The lowest BCUT2D eigenvalue weighted by atomic mass is 10.2. The van der Waals surface area contributed by atoms with E-state index in [0.717, 1.165) is 10.2 Å². The van der Waals surface area contributed by atoms with Gasteiger partial charge in [-0.25, -0.2) is 4.39 Å². The molecule has 0 aliphatic heterocycles. The highest BCUT2D eigenvalue weighted by molar-refractivity contribution is 9.10. The summed E-state index contributed by atoms with van der Waals surface area (Å²) in [5.41, 5.74) is 7.80. The van der Waals surface area contributed by atoms with E-state index in [1.807, 2.05) is 12.1 Å². The summed E-state index contributed by atoms with van der Waals surface area (Å²) in [7, 11) is 1.79. The molecule has 0 spiro atoms. The maximum atomic E-state index is 13.6. The molecule has 0 unspecified atom stereocenters. The van der Waals surface area contributed by atoms with Gasteiger partial charge in [-0.15, -0.1) is 0 Å². The van der Waals surface area contributed by atoms with Crippen LogP contribution in [0.5, 0.6) is 0 Å². The predicted molar refractivity (Wildman–Crippen MR) is 73.0 cm³/mol. The highest BCUT2D eigenvalue weighted by Crippen LogP contribution is 2.32. The molecule has 2 rings (SSSR count). The lowest BCUT2D eigenvalue weighted by molar-refractivity contribution is 0.627. The number of nitrogens with zero attached hydrogens (tertiary/aromatic N) is 1. The first-order chi connectivity index (χ1) is 8.09. The van der Waals surface area contributed by atoms with Crippen LogP contribution in [0, 0.1) is 5.82 Å². The Labute approximate surface area is 108 Å². The molecule has 2 nitrogen and oxygen atoms in total. The molecule has 0 aliphatic carbocycles. The Morgan fingerprint density at radius 2 is 1.82 bits per heavy atom. The second kappa shape index (κ2) is 4.75. The van der Waals surface area contributed by atoms with Gasteiger partial charge in [0.2, 0.25) is 0 Å². The molecule has 2 aromatic rings. The first kappa shape index (κ1) is 11.9. The quantitative estimate of drug-likeness (QED) is 0.850. The van der Waals surface area contributed by atoms with Crippen molar-refractivity contribution in [2.45, 2.75) is 0 Å². The molecule has 0 saturated heterocycles. The van der Waals surface area contributed by atoms with E-state index >= 15 is 0 Å². The third-order valence-electron chi connectivity index (χ3n) is 2.56. The van der Waals surface area contributed by atoms with Crippen LogP contribution in [0.25, 0.3) is 0 Å². The van der Waals surface area contributed by atoms with E-state index in [9.17, 15) is 4.39 Å². The SMILES string of the molecule is CN(c1ccc(Br)cc1N)c1ccccc1F. The summed E-state index contributed by atoms with van der Waals surface area (Å²) in [6, 6.07) is 12.1. The molecular weight excluding hydrogens is 283 g/mol. The molecule has 4 heteroatoms. The van der Waals surface area contributed by atoms with E-state index in [0.29, 0.717) is 11.4 Å². The minimum atomic E-state index is -0.266. The van der Waals surface area contributed by atoms with Gasteiger partial charge in [-0.2, -0.15) is 0 Å². The molecule has 0 fully saturated rings. The Hall–Kier alpha value is -1.55. The third-order valence-corrected chi connectivity index (χ3v) is 3.06. The molecular formula is C13H12BrFN2. The molecule has 0 heterocycles. The number of hydrogen-bond acceptors (Lipinski definition) is 2. The van der Waals surface area contributed by atoms with Gasteiger partial charge in [0.25, 0.3) is 0 Å². The second-order valence-electron chi connectivity index (χ2n) is 3.71. The molecule has 0 aliphatic rings. The Bertz CT molecular complexity index is 543. The molecule has 0 atom stereocenters. The van der Waals surface area contributed by atoms with E-state index in [2.05, 4.69) is 15.9 Å². The van der Waals surface area contributed by atoms with Gasteiger partial charge >= 0.3 is 0 Å². The maximum Gasteiger partial charge on any atom is 0.146 e. The van der Waals surface area contributed by atoms with Crippen LogP contribution in [-0.4, -0.2) is 7.05 Å². The lowest BCUT2D eigenvalue weighted by Gasteiger charge is -2.21. The van der Waals surface area contributed by atoms with Crippen molar-refractivity contribution in [3.63, 3.8) is 0 Å². The van der Waals surface area contributed by atoms with Crippen LogP contribution >= 0.6 is 15.9 Å². The smallest absolute Gasteiger partial charge is 0.146 e. The van der Waals surface area contributed by atoms with Crippen LogP contribution in [0.3, 0.4) is 0 Å². The van der Waals surface area contributed by atoms with Gasteiger partial charge in [0.1, 0.15) is 5.82 Å². The van der Waals surface area contributed by atoms with Crippen LogP contribution in [0.4, 0.5) is 21.5 Å². The van der Waals surface area contributed by atoms with E-state index in [-0.39, 0.29) is 5.82 Å². The third kappa shape index (κ3) is 2.42. The van der Waals surface area contributed by atoms with Crippen molar-refractivity contribution in [3.05, 3.63) is 52.8 Å². The number of hydrogen-bond donors (Lipinski definition) is 1. The summed E-state index contributed by atoms with van der Waals surface area (Å²) in [5, 5.41) is 0. The molecule has 0 amide bonds. The standard InChI is InChI=1S/C13H12BrFN2/c1-17(12-5-3-2-4-10(12)15)13-7-6-9(14)8-11(13)16/h2-8H,16H2,1H3. The number of nitrogens with two attached hydrogens (primary N) is 1. The molecule has 2 aromatic carbocycles. The number of anilines is 3. The Kier molecular flexibility index (Phi) is 3.33. The fraction of sp³-hybridized carbons (Fsp3) is 0.0769. The fourth-order valence-corrected chi connectivity index (χ4v) is 2.06. The predicted octanol–water partition coefficient (Wildman–Crippen LogP) is 3.94. The van der Waals surface area contributed by atoms with Crippen molar-refractivity contribution in [1.29, 1.82) is 0 Å². The van der Waals surface area contributed by atoms with Gasteiger partial charge in [-0.05, 0) is 30.3 Å². The van der Waals surface area contributed by atoms with Crippen LogP contribution in [0.1, 0.15) is 0 Å². The first-order valence-electron chi connectivity index (χ1n) is 5.13. The maximum absolute atomic E-state index is 13.6. The summed E-state index contributed by atoms with van der Waals surface area (Å²) in [6.07, 6.45) is 0. The molecule has 17 heavy (non-hydrogen) atoms. The van der Waals surface area contributed by atoms with E-state index in [1.165, 1.54) is 6.07 Å². The van der Waals surface area contributed by atoms with Crippen LogP contribution in [0.2, 0.25) is 0 Å². The van der Waals surface area contributed by atoms with Crippen molar-refractivity contribution in [2.75, 3.05) is 17.7 Å². The largest absolute Gasteiger partial charge is 0.397 e. The highest BCUT2D eigenvalue weighted by atomic mass is 79.9. The van der Waals surface area contributed by atoms with Crippen molar-refractivity contribution in [3.8, 4) is 0 Å². The Balaban J connectivity index is 2.44. The van der Waals surface area contributed by atoms with Gasteiger partial charge < -0.3 is 10.6 Å². The average molecular weight is 295 g/mol. The first-order valence-corrected chi connectivity index (χ1v) is 5.92. The topological polar surface area (TPSA) is 29.3 Å². The van der Waals surface area contributed by atoms with E-state index in [4.69, 9.17) is 5.73 Å². The molecule has 0 saturated carbocycles. The number of para-hydroxylation sites is 1. The number of halogens is 2. The molecule has 0 radical (unpaired) electrons. The van der Waals surface area contributed by atoms with Gasteiger partial charge in [-0.1, -0.05) is 28.1 Å². The fourth-order valence-electron chi connectivity index (χ4n) is 1.68. The van der Waals surface area contributed by atoms with Crippen LogP contribution < -0.4 is 10.6 Å². The summed E-state index contributed by atoms with van der Waals surface area (Å²) in [6.45, 7) is 0. The zero-order valence-corrected chi connectivity index (χ0v) is 10.9. The van der Waals surface area contributed by atoms with Crippen LogP contribution in [-0.2, 0) is 0 Å². The van der Waals surface area contributed by atoms with E-state index in [1.54, 1.807) is 36.2 Å². The van der Waals surface area contributed by atoms with Crippen molar-refractivity contribution >= 4 is 33.0 Å².